The fraction of sp³-hybridized carbons (Fsp3) is 0.278. The van der Waals surface area contributed by atoms with E-state index >= 15 is 0 Å². The molecule has 1 aliphatic heterocycles. The third kappa shape index (κ3) is 3.71. The Morgan fingerprint density at radius 2 is 1.88 bits per heavy atom. The maximum atomic E-state index is 5.48. The zero-order valence-electron chi connectivity index (χ0n) is 14.2. The van der Waals surface area contributed by atoms with Gasteiger partial charge in [-0.2, -0.15) is 4.68 Å². The molecule has 3 aromatic rings. The molecule has 0 unspecified atom stereocenters. The van der Waals surface area contributed by atoms with Crippen molar-refractivity contribution in [1.29, 1.82) is 0 Å². The Kier molecular flexibility index (Phi) is 5.12. The molecule has 0 atom stereocenters. The van der Waals surface area contributed by atoms with Gasteiger partial charge in [-0.3, -0.25) is 0 Å². The van der Waals surface area contributed by atoms with Crippen molar-refractivity contribution >= 4 is 27.6 Å². The Morgan fingerprint density at radius 3 is 2.69 bits per heavy atom. The summed E-state index contributed by atoms with van der Waals surface area (Å²) in [5.41, 5.74) is 3.32. The number of tetrazole rings is 1. The van der Waals surface area contributed by atoms with E-state index in [0.717, 1.165) is 36.5 Å². The van der Waals surface area contributed by atoms with Crippen molar-refractivity contribution in [3.8, 4) is 5.69 Å². The molecule has 4 rings (SSSR count). The van der Waals surface area contributed by atoms with Gasteiger partial charge in [0.2, 0.25) is 5.95 Å². The molecule has 7 nitrogen and oxygen atoms in total. The Morgan fingerprint density at radius 1 is 1.08 bits per heavy atom. The highest BCUT2D eigenvalue weighted by Gasteiger charge is 2.16. The molecule has 2 aromatic carbocycles. The minimum atomic E-state index is 0.618. The second-order valence-electron chi connectivity index (χ2n) is 5.98. The molecule has 0 aliphatic carbocycles. The van der Waals surface area contributed by atoms with Gasteiger partial charge in [-0.25, -0.2) is 0 Å². The topological polar surface area (TPSA) is 68.1 Å². The lowest BCUT2D eigenvalue weighted by Crippen LogP contribution is -2.37. The second-order valence-corrected chi connectivity index (χ2v) is 6.89. The van der Waals surface area contributed by atoms with Gasteiger partial charge in [-0.05, 0) is 40.3 Å². The van der Waals surface area contributed by atoms with Gasteiger partial charge in [0, 0.05) is 29.8 Å². The highest BCUT2D eigenvalue weighted by Crippen LogP contribution is 2.27. The molecule has 0 amide bonds. The number of aromatic nitrogens is 4. The molecule has 8 heteroatoms. The first kappa shape index (κ1) is 17.0. The van der Waals surface area contributed by atoms with Crippen molar-refractivity contribution in [2.75, 3.05) is 36.5 Å². The van der Waals surface area contributed by atoms with Gasteiger partial charge in [0.1, 0.15) is 0 Å². The molecule has 1 saturated heterocycles. The molecule has 0 saturated carbocycles. The van der Waals surface area contributed by atoms with Crippen molar-refractivity contribution in [3.63, 3.8) is 0 Å². The van der Waals surface area contributed by atoms with Crippen LogP contribution in [0.1, 0.15) is 5.56 Å². The summed E-state index contributed by atoms with van der Waals surface area (Å²) >= 11 is 3.58. The van der Waals surface area contributed by atoms with E-state index in [0.29, 0.717) is 12.5 Å². The number of benzene rings is 2. The van der Waals surface area contributed by atoms with Crippen molar-refractivity contribution in [1.82, 2.24) is 20.2 Å². The fourth-order valence-electron chi connectivity index (χ4n) is 3.00. The number of rotatable bonds is 5. The van der Waals surface area contributed by atoms with E-state index in [1.807, 2.05) is 30.3 Å². The molecule has 2 heterocycles. The highest BCUT2D eigenvalue weighted by atomic mass is 79.9. The first-order valence-electron chi connectivity index (χ1n) is 8.50. The number of morpholine rings is 1. The van der Waals surface area contributed by atoms with Crippen molar-refractivity contribution in [3.05, 3.63) is 58.6 Å². The van der Waals surface area contributed by atoms with Crippen LogP contribution in [0.25, 0.3) is 5.69 Å². The molecular weight excluding hydrogens is 396 g/mol. The summed E-state index contributed by atoms with van der Waals surface area (Å²) in [4.78, 5) is 2.35. The van der Waals surface area contributed by atoms with Crippen LogP contribution in [0.2, 0.25) is 0 Å². The third-order valence-corrected chi connectivity index (χ3v) is 4.80. The first-order chi connectivity index (χ1) is 12.8. The average Bonchev–Trinajstić information content (AvgIpc) is 3.17. The summed E-state index contributed by atoms with van der Waals surface area (Å²) in [7, 11) is 0. The van der Waals surface area contributed by atoms with Gasteiger partial charge >= 0.3 is 0 Å². The Labute approximate surface area is 160 Å². The maximum absolute atomic E-state index is 5.48. The summed E-state index contributed by atoms with van der Waals surface area (Å²) in [5.74, 6) is 0.618. The van der Waals surface area contributed by atoms with Gasteiger partial charge < -0.3 is 15.0 Å². The highest BCUT2D eigenvalue weighted by molar-refractivity contribution is 9.10. The van der Waals surface area contributed by atoms with Gasteiger partial charge in [-0.1, -0.05) is 45.3 Å². The summed E-state index contributed by atoms with van der Waals surface area (Å²) in [5, 5.41) is 15.4. The normalized spacial score (nSPS) is 14.4. The smallest absolute Gasteiger partial charge is 0.248 e. The van der Waals surface area contributed by atoms with E-state index in [9.17, 15) is 0 Å². The zero-order chi connectivity index (χ0) is 17.8. The number of nitrogens with zero attached hydrogens (tertiary/aromatic N) is 5. The van der Waals surface area contributed by atoms with Gasteiger partial charge in [0.25, 0.3) is 0 Å². The molecule has 0 radical (unpaired) electrons. The zero-order valence-corrected chi connectivity index (χ0v) is 15.8. The van der Waals surface area contributed by atoms with Crippen LogP contribution in [0.15, 0.2) is 53.0 Å². The monoisotopic (exact) mass is 414 g/mol. The molecule has 1 fully saturated rings. The van der Waals surface area contributed by atoms with E-state index in [2.05, 4.69) is 59.9 Å². The Hall–Kier alpha value is -2.45. The van der Waals surface area contributed by atoms with Gasteiger partial charge in [-0.15, -0.1) is 0 Å². The van der Waals surface area contributed by atoms with Crippen LogP contribution in [0, 0.1) is 0 Å². The number of halogens is 1. The molecule has 1 N–H and O–H groups in total. The van der Waals surface area contributed by atoms with Gasteiger partial charge in [0.05, 0.1) is 18.9 Å². The van der Waals surface area contributed by atoms with Gasteiger partial charge in [0.15, 0.2) is 0 Å². The van der Waals surface area contributed by atoms with Crippen LogP contribution in [-0.4, -0.2) is 46.5 Å². The molecule has 1 aliphatic rings. The van der Waals surface area contributed by atoms with E-state index in [4.69, 9.17) is 4.74 Å². The summed E-state index contributed by atoms with van der Waals surface area (Å²) < 4.78 is 8.24. The number of hydrogen-bond donors (Lipinski definition) is 1. The number of para-hydroxylation sites is 1. The third-order valence-electron chi connectivity index (χ3n) is 4.31. The van der Waals surface area contributed by atoms with Crippen molar-refractivity contribution in [2.24, 2.45) is 0 Å². The number of nitrogens with one attached hydrogen (secondary N) is 1. The SMILES string of the molecule is Brc1ccc(CNc2nnnn2-c2ccccc2)c(N2CCOCC2)c1. The van der Waals surface area contributed by atoms with Crippen molar-refractivity contribution < 1.29 is 4.74 Å². The Balaban J connectivity index is 1.55. The largest absolute Gasteiger partial charge is 0.378 e. The quantitative estimate of drug-likeness (QED) is 0.692. The minimum absolute atomic E-state index is 0.618. The lowest BCUT2D eigenvalue weighted by Gasteiger charge is -2.31. The van der Waals surface area contributed by atoms with Crippen molar-refractivity contribution in [2.45, 2.75) is 6.54 Å². The van der Waals surface area contributed by atoms with Crippen LogP contribution in [0.5, 0.6) is 0 Å². The maximum Gasteiger partial charge on any atom is 0.248 e. The summed E-state index contributed by atoms with van der Waals surface area (Å²) in [6.45, 7) is 3.93. The second kappa shape index (κ2) is 7.84. The van der Waals surface area contributed by atoms with E-state index in [1.54, 1.807) is 4.68 Å². The molecule has 0 spiro atoms. The van der Waals surface area contributed by atoms with Crippen LogP contribution in [0.3, 0.4) is 0 Å². The predicted molar refractivity (Wildman–Crippen MR) is 104 cm³/mol. The molecule has 134 valence electrons. The Bertz CT molecular complexity index is 863. The number of hydrogen-bond acceptors (Lipinski definition) is 6. The van der Waals surface area contributed by atoms with E-state index in [1.165, 1.54) is 11.3 Å². The number of ether oxygens (including phenoxy) is 1. The van der Waals surface area contributed by atoms with Crippen LogP contribution in [-0.2, 0) is 11.3 Å². The molecule has 1 aromatic heterocycles. The average molecular weight is 415 g/mol. The first-order valence-corrected chi connectivity index (χ1v) is 9.29. The van der Waals surface area contributed by atoms with Crippen LogP contribution < -0.4 is 10.2 Å². The predicted octanol–water partition coefficient (Wildman–Crippen LogP) is 2.87. The van der Waals surface area contributed by atoms with E-state index in [-0.39, 0.29) is 0 Å². The molecule has 0 bridgehead atoms. The number of anilines is 2. The minimum Gasteiger partial charge on any atom is -0.378 e. The van der Waals surface area contributed by atoms with E-state index < -0.39 is 0 Å². The van der Waals surface area contributed by atoms with Crippen LogP contribution >= 0.6 is 15.9 Å². The fourth-order valence-corrected chi connectivity index (χ4v) is 3.35. The lowest BCUT2D eigenvalue weighted by atomic mass is 10.1. The summed E-state index contributed by atoms with van der Waals surface area (Å²) in [6, 6.07) is 16.2. The molecular formula is C18H19BrN6O. The summed E-state index contributed by atoms with van der Waals surface area (Å²) in [6.07, 6.45) is 0. The lowest BCUT2D eigenvalue weighted by molar-refractivity contribution is 0.122. The van der Waals surface area contributed by atoms with Crippen LogP contribution in [0.4, 0.5) is 11.6 Å². The molecule has 26 heavy (non-hydrogen) atoms. The standard InChI is InChI=1S/C18H19BrN6O/c19-15-7-6-14(17(12-15)24-8-10-26-11-9-24)13-20-18-21-22-23-25(18)16-4-2-1-3-5-16/h1-7,12H,8-11,13H2,(H,20,21,23).